The molecule has 1 fully saturated rings. The number of hydrogen-bond donors (Lipinski definition) is 2. The van der Waals surface area contributed by atoms with Crippen LogP contribution in [0, 0.1) is 4.91 Å². The van der Waals surface area contributed by atoms with Gasteiger partial charge in [0.05, 0.1) is 17.1 Å². The normalized spacial score (nSPS) is 23.1. The number of benzene rings is 1. The summed E-state index contributed by atoms with van der Waals surface area (Å²) in [7, 11) is 1.35. The summed E-state index contributed by atoms with van der Waals surface area (Å²) < 4.78 is 5.95. The molecule has 2 aliphatic heterocycles. The van der Waals surface area contributed by atoms with Crippen molar-refractivity contribution < 1.29 is 24.7 Å². The van der Waals surface area contributed by atoms with Crippen LogP contribution in [0.1, 0.15) is 26.3 Å². The van der Waals surface area contributed by atoms with Crippen LogP contribution < -0.4 is 9.64 Å². The molecule has 2 N–H and O–H groups in total. The van der Waals surface area contributed by atoms with Crippen LogP contribution in [0.25, 0.3) is 0 Å². The van der Waals surface area contributed by atoms with Crippen LogP contribution >= 0.6 is 0 Å². The minimum Gasteiger partial charge on any atom is -0.484 e. The van der Waals surface area contributed by atoms with Crippen molar-refractivity contribution in [3.63, 3.8) is 0 Å². The van der Waals surface area contributed by atoms with Crippen molar-refractivity contribution in [3.05, 3.63) is 22.6 Å². The molecule has 0 aliphatic carbocycles. The molecule has 0 aromatic heterocycles. The minimum absolute atomic E-state index is 0.0899. The quantitative estimate of drug-likeness (QED) is 0.718. The molecule has 0 radical (unpaired) electrons. The van der Waals surface area contributed by atoms with Gasteiger partial charge in [0, 0.05) is 56.8 Å². The van der Waals surface area contributed by atoms with Crippen molar-refractivity contribution in [3.8, 4) is 5.75 Å². The van der Waals surface area contributed by atoms with E-state index >= 15 is 0 Å². The van der Waals surface area contributed by atoms with Gasteiger partial charge in [-0.25, -0.2) is 4.84 Å². The van der Waals surface area contributed by atoms with Crippen molar-refractivity contribution in [2.24, 2.45) is 0 Å². The van der Waals surface area contributed by atoms with Gasteiger partial charge in [0.1, 0.15) is 17.0 Å². The van der Waals surface area contributed by atoms with E-state index in [1.165, 1.54) is 7.11 Å². The highest BCUT2D eigenvalue weighted by molar-refractivity contribution is 5.69. The molecule has 0 bridgehead atoms. The number of nitrogens with zero attached hydrogens (tertiary/aromatic N) is 3. The van der Waals surface area contributed by atoms with Gasteiger partial charge in [-0.2, -0.15) is 0 Å². The largest absolute Gasteiger partial charge is 0.484 e. The summed E-state index contributed by atoms with van der Waals surface area (Å²) in [4.78, 5) is 22.1. The molecule has 27 heavy (non-hydrogen) atoms. The molecule has 3 rings (SSSR count). The van der Waals surface area contributed by atoms with Gasteiger partial charge in [-0.05, 0) is 20.8 Å². The Morgan fingerprint density at radius 2 is 1.96 bits per heavy atom. The Bertz CT molecular complexity index is 710. The first-order valence-electron chi connectivity index (χ1n) is 9.32. The number of hydrogen-bond acceptors (Lipinski definition) is 7. The standard InChI is InChI=1S/C19H30N3O5/c1-18(2,24)12-20-5-7-21(8-6-20)15-10-17-14(9-16(15)22(25)26-4)11-19(3,13-23)27-17/h9-10,23-24H,5-8,11-13H2,1-4H3/q+1. The van der Waals surface area contributed by atoms with Crippen molar-refractivity contribution in [1.82, 2.24) is 4.90 Å². The highest BCUT2D eigenvalue weighted by Crippen LogP contribution is 2.42. The van der Waals surface area contributed by atoms with Crippen LogP contribution in [0.2, 0.25) is 0 Å². The Labute approximate surface area is 159 Å². The maximum atomic E-state index is 12.3. The molecule has 0 amide bonds. The van der Waals surface area contributed by atoms with Gasteiger partial charge in [0.25, 0.3) is 4.92 Å². The summed E-state index contributed by atoms with van der Waals surface area (Å²) in [5, 5.41) is 19.6. The smallest absolute Gasteiger partial charge is 0.340 e. The lowest BCUT2D eigenvalue weighted by Crippen LogP contribution is -2.50. The lowest BCUT2D eigenvalue weighted by Gasteiger charge is -2.38. The second kappa shape index (κ2) is 7.26. The fourth-order valence-corrected chi connectivity index (χ4v) is 3.82. The van der Waals surface area contributed by atoms with Crippen LogP contribution in [0.15, 0.2) is 12.1 Å². The van der Waals surface area contributed by atoms with E-state index in [-0.39, 0.29) is 6.61 Å². The Morgan fingerprint density at radius 3 is 2.52 bits per heavy atom. The van der Waals surface area contributed by atoms with Gasteiger partial charge in [0.2, 0.25) is 0 Å². The monoisotopic (exact) mass is 380 g/mol. The van der Waals surface area contributed by atoms with E-state index in [1.54, 1.807) is 19.9 Å². The number of ether oxygens (including phenoxy) is 1. The van der Waals surface area contributed by atoms with Crippen LogP contribution in [-0.2, 0) is 11.3 Å². The van der Waals surface area contributed by atoms with Crippen molar-refractivity contribution in [1.29, 1.82) is 0 Å². The first-order chi connectivity index (χ1) is 12.6. The summed E-state index contributed by atoms with van der Waals surface area (Å²) in [5.41, 5.74) is 0.702. The van der Waals surface area contributed by atoms with Crippen LogP contribution in [0.3, 0.4) is 0 Å². The third-order valence-electron chi connectivity index (χ3n) is 5.10. The van der Waals surface area contributed by atoms with Gasteiger partial charge >= 0.3 is 5.69 Å². The number of fused-ring (bicyclic) bond motifs is 1. The molecular formula is C19H30N3O5+. The minimum atomic E-state index is -0.731. The van der Waals surface area contributed by atoms with E-state index in [1.807, 2.05) is 13.0 Å². The zero-order valence-electron chi connectivity index (χ0n) is 16.6. The van der Waals surface area contributed by atoms with Gasteiger partial charge in [-0.1, -0.05) is 0 Å². The zero-order valence-corrected chi connectivity index (χ0v) is 16.6. The molecule has 1 atom stereocenters. The first-order valence-corrected chi connectivity index (χ1v) is 9.32. The Morgan fingerprint density at radius 1 is 1.30 bits per heavy atom. The molecule has 1 aromatic carbocycles. The van der Waals surface area contributed by atoms with E-state index < -0.39 is 11.2 Å². The predicted molar refractivity (Wildman–Crippen MR) is 102 cm³/mol. The van der Waals surface area contributed by atoms with E-state index in [9.17, 15) is 15.1 Å². The van der Waals surface area contributed by atoms with Crippen LogP contribution in [0.5, 0.6) is 5.75 Å². The van der Waals surface area contributed by atoms with Gasteiger partial charge < -0.3 is 19.8 Å². The maximum absolute atomic E-state index is 12.3. The zero-order chi connectivity index (χ0) is 19.8. The summed E-state index contributed by atoms with van der Waals surface area (Å²) >= 11 is 0. The third-order valence-corrected chi connectivity index (χ3v) is 5.10. The fraction of sp³-hybridized carbons (Fsp3) is 0.684. The highest BCUT2D eigenvalue weighted by Gasteiger charge is 2.38. The number of β-amino-alcohol motifs (C(OH)–C–C–N with tert-alkyl or cyclic N) is 1. The molecule has 1 aromatic rings. The Balaban J connectivity index is 1.83. The maximum Gasteiger partial charge on any atom is 0.340 e. The second-order valence-electron chi connectivity index (χ2n) is 8.35. The van der Waals surface area contributed by atoms with Gasteiger partial charge in [-0.3, -0.25) is 4.90 Å². The molecule has 0 saturated carbocycles. The van der Waals surface area contributed by atoms with Gasteiger partial charge in [-0.15, -0.1) is 0 Å². The molecule has 1 saturated heterocycles. The number of aliphatic hydroxyl groups excluding tert-OH is 1. The van der Waals surface area contributed by atoms with Gasteiger partial charge in [0.15, 0.2) is 7.11 Å². The summed E-state index contributed by atoms with van der Waals surface area (Å²) in [5.74, 6) is 0.703. The fourth-order valence-electron chi connectivity index (χ4n) is 3.82. The predicted octanol–water partition coefficient (Wildman–Crippen LogP) is 1.24. The topological polar surface area (TPSA) is 85.5 Å². The van der Waals surface area contributed by atoms with E-state index in [4.69, 9.17) is 9.57 Å². The highest BCUT2D eigenvalue weighted by atomic mass is 16.8. The molecular weight excluding hydrogens is 350 g/mol. The number of aliphatic hydroxyl groups is 2. The molecule has 0 spiro atoms. The number of rotatable bonds is 6. The number of piperazine rings is 1. The van der Waals surface area contributed by atoms with E-state index in [0.29, 0.717) is 29.3 Å². The van der Waals surface area contributed by atoms with Crippen LogP contribution in [-0.4, -0.2) is 77.7 Å². The summed E-state index contributed by atoms with van der Waals surface area (Å²) in [6, 6.07) is 3.67. The average Bonchev–Trinajstić information content (AvgIpc) is 2.95. The number of anilines is 1. The molecule has 1 unspecified atom stereocenters. The molecule has 8 nitrogen and oxygen atoms in total. The molecule has 2 aliphatic rings. The Hall–Kier alpha value is -1.90. The van der Waals surface area contributed by atoms with Crippen molar-refractivity contribution >= 4 is 11.4 Å². The van der Waals surface area contributed by atoms with Crippen molar-refractivity contribution in [2.45, 2.75) is 38.4 Å². The van der Waals surface area contributed by atoms with Crippen molar-refractivity contribution in [2.75, 3.05) is 51.3 Å². The second-order valence-corrected chi connectivity index (χ2v) is 8.35. The Kier molecular flexibility index (Phi) is 5.33. The van der Waals surface area contributed by atoms with E-state index in [0.717, 1.165) is 37.4 Å². The SMILES string of the molecule is CO[N+](=O)c1cc2c(cc1N1CCN(CC(C)(C)O)CC1)OC(C)(CO)C2. The lowest BCUT2D eigenvalue weighted by atomic mass is 9.99. The summed E-state index contributed by atoms with van der Waals surface area (Å²) in [6.07, 6.45) is 0.545. The molecule has 150 valence electrons. The summed E-state index contributed by atoms with van der Waals surface area (Å²) in [6.45, 7) is 9.04. The molecule has 2 heterocycles. The first kappa shape index (κ1) is 19.9. The van der Waals surface area contributed by atoms with E-state index in [2.05, 4.69) is 9.80 Å². The molecule has 8 heteroatoms. The lowest BCUT2D eigenvalue weighted by molar-refractivity contribution is -0.736. The van der Waals surface area contributed by atoms with Crippen LogP contribution in [0.4, 0.5) is 11.4 Å². The third kappa shape index (κ3) is 4.34. The average molecular weight is 380 g/mol.